The van der Waals surface area contributed by atoms with Crippen molar-refractivity contribution in [2.75, 3.05) is 18.6 Å². The molecule has 2 fully saturated rings. The fraction of sp³-hybridized carbons (Fsp3) is 1.00. The van der Waals surface area contributed by atoms with Crippen LogP contribution in [0.4, 0.5) is 0 Å². The summed E-state index contributed by atoms with van der Waals surface area (Å²) in [7, 11) is -2.84. The van der Waals surface area contributed by atoms with Gasteiger partial charge in [0.05, 0.1) is 5.75 Å². The van der Waals surface area contributed by atoms with Crippen LogP contribution in [0.5, 0.6) is 0 Å². The minimum atomic E-state index is -2.84. The molecule has 18 heavy (non-hydrogen) atoms. The van der Waals surface area contributed by atoms with E-state index in [0.29, 0.717) is 23.1 Å². The van der Waals surface area contributed by atoms with Crippen LogP contribution in [-0.4, -0.2) is 33.0 Å². The molecule has 2 atom stereocenters. The lowest BCUT2D eigenvalue weighted by Gasteiger charge is -2.22. The quantitative estimate of drug-likeness (QED) is 0.835. The summed E-state index contributed by atoms with van der Waals surface area (Å²) in [6.45, 7) is 7.84. The third-order valence-corrected chi connectivity index (χ3v) is 5.74. The molecule has 2 aliphatic carbocycles. The van der Waals surface area contributed by atoms with E-state index in [4.69, 9.17) is 0 Å². The summed E-state index contributed by atoms with van der Waals surface area (Å²) in [4.78, 5) is 0. The first-order chi connectivity index (χ1) is 8.11. The van der Waals surface area contributed by atoms with Crippen molar-refractivity contribution in [3.8, 4) is 0 Å². The summed E-state index contributed by atoms with van der Waals surface area (Å²) >= 11 is 0. The van der Waals surface area contributed by atoms with E-state index in [1.165, 1.54) is 19.1 Å². The van der Waals surface area contributed by atoms with Gasteiger partial charge < -0.3 is 5.32 Å². The van der Waals surface area contributed by atoms with Crippen molar-refractivity contribution in [1.82, 2.24) is 5.32 Å². The van der Waals surface area contributed by atoms with Crippen molar-refractivity contribution in [1.29, 1.82) is 0 Å². The van der Waals surface area contributed by atoms with E-state index in [1.54, 1.807) is 0 Å². The van der Waals surface area contributed by atoms with Crippen LogP contribution in [0.15, 0.2) is 0 Å². The minimum Gasteiger partial charge on any atom is -0.313 e. The second kappa shape index (κ2) is 4.48. The molecule has 2 saturated carbocycles. The third-order valence-electron chi connectivity index (χ3n) is 4.60. The van der Waals surface area contributed by atoms with Crippen LogP contribution in [-0.2, 0) is 9.84 Å². The fourth-order valence-corrected chi connectivity index (χ4v) is 5.12. The summed E-state index contributed by atoms with van der Waals surface area (Å²) in [5.74, 6) is 1.06. The van der Waals surface area contributed by atoms with E-state index in [-0.39, 0.29) is 5.41 Å². The summed E-state index contributed by atoms with van der Waals surface area (Å²) < 4.78 is 22.8. The summed E-state index contributed by atoms with van der Waals surface area (Å²) in [5, 5.41) is 3.65. The zero-order valence-electron chi connectivity index (χ0n) is 12.1. The second-order valence-electron chi connectivity index (χ2n) is 7.61. The fourth-order valence-electron chi connectivity index (χ4n) is 3.62. The van der Waals surface area contributed by atoms with E-state index < -0.39 is 9.84 Å². The monoisotopic (exact) mass is 273 g/mol. The topological polar surface area (TPSA) is 46.2 Å². The lowest BCUT2D eigenvalue weighted by Crippen LogP contribution is -2.38. The van der Waals surface area contributed by atoms with Crippen LogP contribution in [0.25, 0.3) is 0 Å². The molecule has 4 heteroatoms. The largest absolute Gasteiger partial charge is 0.313 e. The maximum atomic E-state index is 11.4. The average molecular weight is 273 g/mol. The second-order valence-corrected chi connectivity index (χ2v) is 9.75. The van der Waals surface area contributed by atoms with Gasteiger partial charge in [0.1, 0.15) is 9.84 Å². The standard InChI is InChI=1S/C14H27NO2S/c1-11-7-13(2,3)8-12(11)15-9-14(5-6-14)10-18(4,16)17/h11-12,15H,5-10H2,1-4H3/t11-,12-/m0/s1. The van der Waals surface area contributed by atoms with Gasteiger partial charge >= 0.3 is 0 Å². The van der Waals surface area contributed by atoms with Gasteiger partial charge in [-0.15, -0.1) is 0 Å². The molecular formula is C14H27NO2S. The first-order valence-corrected chi connectivity index (χ1v) is 9.08. The molecule has 3 nitrogen and oxygen atoms in total. The van der Waals surface area contributed by atoms with Crippen molar-refractivity contribution < 1.29 is 8.42 Å². The van der Waals surface area contributed by atoms with Crippen molar-refractivity contribution in [2.45, 2.75) is 52.5 Å². The van der Waals surface area contributed by atoms with Crippen molar-refractivity contribution >= 4 is 9.84 Å². The van der Waals surface area contributed by atoms with E-state index in [9.17, 15) is 8.42 Å². The first-order valence-electron chi connectivity index (χ1n) is 7.02. The van der Waals surface area contributed by atoms with Gasteiger partial charge in [-0.2, -0.15) is 0 Å². The molecule has 0 unspecified atom stereocenters. The average Bonchev–Trinajstić information content (AvgIpc) is 2.82. The third kappa shape index (κ3) is 3.70. The predicted octanol–water partition coefficient (Wildman–Crippen LogP) is 2.23. The Bertz CT molecular complexity index is 410. The molecule has 0 bridgehead atoms. The number of nitrogens with one attached hydrogen (secondary N) is 1. The molecule has 0 heterocycles. The molecule has 0 aliphatic heterocycles. The Hall–Kier alpha value is -0.0900. The van der Waals surface area contributed by atoms with Crippen LogP contribution in [0.2, 0.25) is 0 Å². The maximum absolute atomic E-state index is 11.4. The molecule has 1 N–H and O–H groups in total. The van der Waals surface area contributed by atoms with Crippen LogP contribution < -0.4 is 5.32 Å². The Kier molecular flexibility index (Phi) is 3.56. The summed E-state index contributed by atoms with van der Waals surface area (Å²) in [5.41, 5.74) is 0.491. The van der Waals surface area contributed by atoms with E-state index in [1.807, 2.05) is 0 Å². The van der Waals surface area contributed by atoms with Crippen LogP contribution in [0, 0.1) is 16.7 Å². The Morgan fingerprint density at radius 1 is 1.22 bits per heavy atom. The SMILES string of the molecule is C[C@H]1CC(C)(C)C[C@@H]1NCC1(CS(C)(=O)=O)CC1. The van der Waals surface area contributed by atoms with Gasteiger partial charge in [0.15, 0.2) is 0 Å². The van der Waals surface area contributed by atoms with Gasteiger partial charge in [-0.05, 0) is 42.4 Å². The maximum Gasteiger partial charge on any atom is 0.148 e. The van der Waals surface area contributed by atoms with Gasteiger partial charge in [0, 0.05) is 18.8 Å². The highest BCUT2D eigenvalue weighted by molar-refractivity contribution is 7.90. The summed E-state index contributed by atoms with van der Waals surface area (Å²) in [6, 6.07) is 0.567. The van der Waals surface area contributed by atoms with Crippen LogP contribution in [0.1, 0.15) is 46.5 Å². The van der Waals surface area contributed by atoms with E-state index in [2.05, 4.69) is 26.1 Å². The molecule has 0 aromatic heterocycles. The Morgan fingerprint density at radius 2 is 1.83 bits per heavy atom. The summed E-state index contributed by atoms with van der Waals surface area (Å²) in [6.07, 6.45) is 5.97. The highest BCUT2D eigenvalue weighted by atomic mass is 32.2. The van der Waals surface area contributed by atoms with Crippen molar-refractivity contribution in [2.24, 2.45) is 16.7 Å². The van der Waals surface area contributed by atoms with Gasteiger partial charge in [-0.3, -0.25) is 0 Å². The Balaban J connectivity index is 1.86. The molecule has 0 spiro atoms. The minimum absolute atomic E-state index is 0.0556. The predicted molar refractivity (Wildman–Crippen MR) is 75.3 cm³/mol. The molecule has 2 aliphatic rings. The number of sulfone groups is 1. The van der Waals surface area contributed by atoms with E-state index >= 15 is 0 Å². The molecule has 0 saturated heterocycles. The number of rotatable bonds is 5. The normalized spacial score (nSPS) is 33.6. The number of hydrogen-bond donors (Lipinski definition) is 1. The molecular weight excluding hydrogens is 246 g/mol. The van der Waals surface area contributed by atoms with Gasteiger partial charge in [-0.1, -0.05) is 20.8 Å². The molecule has 106 valence electrons. The zero-order chi connectivity index (χ0) is 13.6. The van der Waals surface area contributed by atoms with Gasteiger partial charge in [0.25, 0.3) is 0 Å². The molecule has 0 aromatic carbocycles. The Morgan fingerprint density at radius 3 is 2.22 bits per heavy atom. The molecule has 0 amide bonds. The first kappa shape index (κ1) is 14.3. The van der Waals surface area contributed by atoms with Crippen LogP contribution >= 0.6 is 0 Å². The highest BCUT2D eigenvalue weighted by Crippen LogP contribution is 2.47. The molecule has 0 radical (unpaired) electrons. The van der Waals surface area contributed by atoms with Crippen molar-refractivity contribution in [3.63, 3.8) is 0 Å². The lowest BCUT2D eigenvalue weighted by atomic mass is 9.91. The van der Waals surface area contributed by atoms with Gasteiger partial charge in [0.2, 0.25) is 0 Å². The number of hydrogen-bond acceptors (Lipinski definition) is 3. The zero-order valence-corrected chi connectivity index (χ0v) is 12.9. The Labute approximate surface area is 112 Å². The molecule has 0 aromatic rings. The molecule has 2 rings (SSSR count). The highest BCUT2D eigenvalue weighted by Gasteiger charge is 2.46. The van der Waals surface area contributed by atoms with Crippen molar-refractivity contribution in [3.05, 3.63) is 0 Å². The van der Waals surface area contributed by atoms with E-state index in [0.717, 1.165) is 19.4 Å². The van der Waals surface area contributed by atoms with Gasteiger partial charge in [-0.25, -0.2) is 8.42 Å². The smallest absolute Gasteiger partial charge is 0.148 e. The lowest BCUT2D eigenvalue weighted by molar-refractivity contribution is 0.355. The van der Waals surface area contributed by atoms with Crippen LogP contribution in [0.3, 0.4) is 0 Å².